The van der Waals surface area contributed by atoms with Crippen LogP contribution in [0.5, 0.6) is 5.75 Å². The lowest BCUT2D eigenvalue weighted by atomic mass is 10.00. The van der Waals surface area contributed by atoms with Gasteiger partial charge in [0, 0.05) is 6.42 Å². The van der Waals surface area contributed by atoms with Gasteiger partial charge >= 0.3 is 5.97 Å². The molecule has 0 spiro atoms. The first-order valence-corrected chi connectivity index (χ1v) is 6.37. The first kappa shape index (κ1) is 12.9. The molecule has 98 valence electrons. The Labute approximate surface area is 107 Å². The van der Waals surface area contributed by atoms with Gasteiger partial charge in [-0.1, -0.05) is 6.07 Å². The topological polar surface area (TPSA) is 72.5 Å². The first-order chi connectivity index (χ1) is 8.61. The number of rotatable bonds is 5. The molecule has 0 saturated heterocycles. The maximum Gasteiger partial charge on any atom is 0.320 e. The molecular formula is C14H19NO3. The van der Waals surface area contributed by atoms with Gasteiger partial charge in [0.1, 0.15) is 11.8 Å². The quantitative estimate of drug-likeness (QED) is 0.830. The van der Waals surface area contributed by atoms with E-state index in [9.17, 15) is 4.79 Å². The van der Waals surface area contributed by atoms with Crippen LogP contribution in [0, 0.1) is 0 Å². The Morgan fingerprint density at radius 2 is 2.11 bits per heavy atom. The average molecular weight is 249 g/mol. The molecule has 0 aliphatic heterocycles. The van der Waals surface area contributed by atoms with E-state index in [4.69, 9.17) is 15.6 Å². The van der Waals surface area contributed by atoms with E-state index >= 15 is 0 Å². The monoisotopic (exact) mass is 249 g/mol. The normalized spacial score (nSPS) is 15.2. The lowest BCUT2D eigenvalue weighted by Gasteiger charge is -2.14. The molecule has 1 aromatic rings. The summed E-state index contributed by atoms with van der Waals surface area (Å²) >= 11 is 0. The van der Waals surface area contributed by atoms with E-state index < -0.39 is 12.0 Å². The van der Waals surface area contributed by atoms with Crippen molar-refractivity contribution in [2.45, 2.75) is 38.6 Å². The van der Waals surface area contributed by atoms with Crippen LogP contribution in [0.2, 0.25) is 0 Å². The largest absolute Gasteiger partial charge is 0.494 e. The molecule has 3 N–H and O–H groups in total. The van der Waals surface area contributed by atoms with E-state index in [-0.39, 0.29) is 0 Å². The predicted octanol–water partition coefficient (Wildman–Crippen LogP) is 1.53. The van der Waals surface area contributed by atoms with E-state index in [0.29, 0.717) is 13.0 Å². The molecule has 4 nitrogen and oxygen atoms in total. The summed E-state index contributed by atoms with van der Waals surface area (Å²) in [6.45, 7) is 2.50. The highest BCUT2D eigenvalue weighted by Gasteiger charge is 2.19. The number of fused-ring (bicyclic) bond motifs is 1. The van der Waals surface area contributed by atoms with Crippen molar-refractivity contribution in [2.75, 3.05) is 6.61 Å². The minimum Gasteiger partial charge on any atom is -0.494 e. The third-order valence-electron chi connectivity index (χ3n) is 3.33. The van der Waals surface area contributed by atoms with Crippen molar-refractivity contribution in [2.24, 2.45) is 5.73 Å². The van der Waals surface area contributed by atoms with E-state index in [1.807, 2.05) is 6.92 Å². The average Bonchev–Trinajstić information content (AvgIpc) is 2.76. The molecule has 18 heavy (non-hydrogen) atoms. The second-order valence-corrected chi connectivity index (χ2v) is 4.66. The fourth-order valence-corrected chi connectivity index (χ4v) is 2.43. The molecule has 0 amide bonds. The molecule has 1 aromatic carbocycles. The minimum absolute atomic E-state index is 0.317. The smallest absolute Gasteiger partial charge is 0.320 e. The van der Waals surface area contributed by atoms with Crippen LogP contribution in [0.4, 0.5) is 0 Å². The molecule has 2 rings (SSSR count). The summed E-state index contributed by atoms with van der Waals surface area (Å²) in [5.74, 6) is -0.187. The van der Waals surface area contributed by atoms with E-state index in [1.54, 1.807) is 0 Å². The van der Waals surface area contributed by atoms with Crippen molar-refractivity contribution in [1.82, 2.24) is 0 Å². The molecule has 0 saturated carbocycles. The van der Waals surface area contributed by atoms with Crippen LogP contribution in [0.3, 0.4) is 0 Å². The Bertz CT molecular complexity index is 457. The third-order valence-corrected chi connectivity index (χ3v) is 3.33. The Hall–Kier alpha value is -1.55. The van der Waals surface area contributed by atoms with Crippen LogP contribution in [0.15, 0.2) is 12.1 Å². The maximum absolute atomic E-state index is 10.8. The van der Waals surface area contributed by atoms with Crippen LogP contribution >= 0.6 is 0 Å². The van der Waals surface area contributed by atoms with Crippen molar-refractivity contribution >= 4 is 5.97 Å². The van der Waals surface area contributed by atoms with Gasteiger partial charge in [-0.15, -0.1) is 0 Å². The van der Waals surface area contributed by atoms with Crippen molar-refractivity contribution in [3.63, 3.8) is 0 Å². The van der Waals surface area contributed by atoms with E-state index in [0.717, 1.165) is 30.6 Å². The van der Waals surface area contributed by atoms with Gasteiger partial charge in [0.05, 0.1) is 6.61 Å². The number of ether oxygens (including phenoxy) is 1. The van der Waals surface area contributed by atoms with Gasteiger partial charge in [0.15, 0.2) is 0 Å². The first-order valence-electron chi connectivity index (χ1n) is 6.37. The van der Waals surface area contributed by atoms with Crippen LogP contribution in [-0.2, 0) is 24.1 Å². The maximum atomic E-state index is 10.8. The van der Waals surface area contributed by atoms with E-state index in [2.05, 4.69) is 12.1 Å². The standard InChI is InChI=1S/C14H19NO3/c1-2-18-13-8-10-5-3-4-9(10)6-11(13)7-12(15)14(16)17/h6,8,12H,2-5,7,15H2,1H3,(H,16,17). The van der Waals surface area contributed by atoms with Gasteiger partial charge in [0.2, 0.25) is 0 Å². The number of benzene rings is 1. The second kappa shape index (κ2) is 5.40. The summed E-state index contributed by atoms with van der Waals surface area (Å²) in [6, 6.07) is 3.25. The summed E-state index contributed by atoms with van der Waals surface area (Å²) in [5, 5.41) is 8.89. The summed E-state index contributed by atoms with van der Waals surface area (Å²) in [5.41, 5.74) is 9.15. The Morgan fingerprint density at radius 1 is 1.44 bits per heavy atom. The molecule has 1 atom stereocenters. The molecular weight excluding hydrogens is 230 g/mol. The highest BCUT2D eigenvalue weighted by atomic mass is 16.5. The fourth-order valence-electron chi connectivity index (χ4n) is 2.43. The van der Waals surface area contributed by atoms with Crippen LogP contribution in [0.25, 0.3) is 0 Å². The number of carbonyl (C=O) groups is 1. The molecule has 0 bridgehead atoms. The van der Waals surface area contributed by atoms with Crippen LogP contribution in [-0.4, -0.2) is 23.7 Å². The lowest BCUT2D eigenvalue weighted by molar-refractivity contribution is -0.138. The third kappa shape index (κ3) is 2.64. The highest BCUT2D eigenvalue weighted by Crippen LogP contribution is 2.30. The highest BCUT2D eigenvalue weighted by molar-refractivity contribution is 5.73. The zero-order valence-electron chi connectivity index (χ0n) is 10.6. The number of aryl methyl sites for hydroxylation is 2. The zero-order valence-corrected chi connectivity index (χ0v) is 10.6. The molecule has 4 heteroatoms. The van der Waals surface area contributed by atoms with Gasteiger partial charge < -0.3 is 15.6 Å². The summed E-state index contributed by atoms with van der Waals surface area (Å²) in [6.07, 6.45) is 3.63. The predicted molar refractivity (Wildman–Crippen MR) is 69.0 cm³/mol. The van der Waals surface area contributed by atoms with E-state index in [1.165, 1.54) is 11.1 Å². The summed E-state index contributed by atoms with van der Waals surface area (Å²) < 4.78 is 5.59. The summed E-state index contributed by atoms with van der Waals surface area (Å²) in [4.78, 5) is 10.8. The number of carboxylic acids is 1. The number of aliphatic carboxylic acids is 1. The molecule has 0 aromatic heterocycles. The molecule has 1 aliphatic rings. The zero-order chi connectivity index (χ0) is 13.1. The Morgan fingerprint density at radius 3 is 2.72 bits per heavy atom. The van der Waals surface area contributed by atoms with Crippen molar-refractivity contribution < 1.29 is 14.6 Å². The molecule has 0 heterocycles. The lowest BCUT2D eigenvalue weighted by Crippen LogP contribution is -2.32. The van der Waals surface area contributed by atoms with Gasteiger partial charge in [-0.05, 0) is 48.9 Å². The van der Waals surface area contributed by atoms with Crippen LogP contribution in [0.1, 0.15) is 30.0 Å². The van der Waals surface area contributed by atoms with Gasteiger partial charge in [-0.3, -0.25) is 4.79 Å². The van der Waals surface area contributed by atoms with Crippen molar-refractivity contribution in [3.8, 4) is 5.75 Å². The second-order valence-electron chi connectivity index (χ2n) is 4.66. The number of nitrogens with two attached hydrogens (primary N) is 1. The number of hydrogen-bond donors (Lipinski definition) is 2. The number of carboxylic acid groups (broad SMARTS) is 1. The SMILES string of the molecule is CCOc1cc2c(cc1CC(N)C(=O)O)CCC2. The molecule has 1 unspecified atom stereocenters. The Kier molecular flexibility index (Phi) is 3.87. The Balaban J connectivity index is 2.29. The van der Waals surface area contributed by atoms with Crippen molar-refractivity contribution in [3.05, 3.63) is 28.8 Å². The minimum atomic E-state index is -0.974. The van der Waals surface area contributed by atoms with Crippen molar-refractivity contribution in [1.29, 1.82) is 0 Å². The van der Waals surface area contributed by atoms with Gasteiger partial charge in [0.25, 0.3) is 0 Å². The van der Waals surface area contributed by atoms with Crippen LogP contribution < -0.4 is 10.5 Å². The summed E-state index contributed by atoms with van der Waals surface area (Å²) in [7, 11) is 0. The molecule has 0 fully saturated rings. The molecule has 0 radical (unpaired) electrons. The fraction of sp³-hybridized carbons (Fsp3) is 0.500. The molecule has 1 aliphatic carbocycles. The van der Waals surface area contributed by atoms with Gasteiger partial charge in [-0.2, -0.15) is 0 Å². The van der Waals surface area contributed by atoms with Gasteiger partial charge in [-0.25, -0.2) is 0 Å². The number of hydrogen-bond acceptors (Lipinski definition) is 3.